The summed E-state index contributed by atoms with van der Waals surface area (Å²) in [6.07, 6.45) is 3.74. The second kappa shape index (κ2) is 6.36. The van der Waals surface area contributed by atoms with Crippen LogP contribution in [0.25, 0.3) is 10.9 Å². The van der Waals surface area contributed by atoms with Crippen molar-refractivity contribution < 1.29 is 4.79 Å². The summed E-state index contributed by atoms with van der Waals surface area (Å²) in [5.74, 6) is 0. The molecule has 1 aromatic carbocycles. The minimum Gasteiger partial charge on any atom is -0.361 e. The van der Waals surface area contributed by atoms with Gasteiger partial charge in [0.15, 0.2) is 0 Å². The Morgan fingerprint density at radius 3 is 2.95 bits per heavy atom. The average molecular weight is 260 g/mol. The number of hydrogen-bond acceptors (Lipinski definition) is 3. The second-order valence-electron chi connectivity index (χ2n) is 4.86. The number of rotatable bonds is 7. The van der Waals surface area contributed by atoms with E-state index in [4.69, 9.17) is 0 Å². The molecule has 3 N–H and O–H groups in total. The highest BCUT2D eigenvalue weighted by Crippen LogP contribution is 2.20. The van der Waals surface area contributed by atoms with Crippen molar-refractivity contribution in [3.63, 3.8) is 0 Å². The molecule has 0 bridgehead atoms. The molecule has 0 radical (unpaired) electrons. The van der Waals surface area contributed by atoms with Crippen LogP contribution in [0.4, 0.5) is 0 Å². The molecule has 0 aliphatic rings. The molecular formula is C14H20N4O. The Bertz CT molecular complexity index is 547. The first kappa shape index (κ1) is 13.6. The van der Waals surface area contributed by atoms with Crippen LogP contribution in [-0.4, -0.2) is 36.9 Å². The lowest BCUT2D eigenvalue weighted by atomic mass is 10.1. The van der Waals surface area contributed by atoms with Crippen LogP contribution < -0.4 is 10.9 Å². The SMILES string of the molecule is CN(C)CCc1c[nH]c2ccc(CNNC=O)cc12. The number of nitrogens with zero attached hydrogens (tertiary/aromatic N) is 1. The highest BCUT2D eigenvalue weighted by molar-refractivity contribution is 5.83. The van der Waals surface area contributed by atoms with Gasteiger partial charge in [-0.15, -0.1) is 0 Å². The van der Waals surface area contributed by atoms with Crippen LogP contribution in [0.15, 0.2) is 24.4 Å². The zero-order chi connectivity index (χ0) is 13.7. The lowest BCUT2D eigenvalue weighted by Gasteiger charge is -2.08. The van der Waals surface area contributed by atoms with E-state index in [0.29, 0.717) is 13.0 Å². The number of aromatic amines is 1. The predicted octanol–water partition coefficient (Wildman–Crippen LogP) is 1.02. The van der Waals surface area contributed by atoms with Gasteiger partial charge in [-0.05, 0) is 43.8 Å². The lowest BCUT2D eigenvalue weighted by molar-refractivity contribution is -0.110. The number of aromatic nitrogens is 1. The highest BCUT2D eigenvalue weighted by atomic mass is 16.1. The predicted molar refractivity (Wildman–Crippen MR) is 76.6 cm³/mol. The Hall–Kier alpha value is -1.85. The van der Waals surface area contributed by atoms with Gasteiger partial charge in [0, 0.05) is 30.2 Å². The highest BCUT2D eigenvalue weighted by Gasteiger charge is 2.05. The number of hydrogen-bond donors (Lipinski definition) is 3. The average Bonchev–Trinajstić information content (AvgIpc) is 2.79. The van der Waals surface area contributed by atoms with Crippen molar-refractivity contribution in [2.24, 2.45) is 0 Å². The number of carbonyl (C=O) groups excluding carboxylic acids is 1. The maximum absolute atomic E-state index is 10.2. The Morgan fingerprint density at radius 1 is 1.37 bits per heavy atom. The molecule has 0 spiro atoms. The van der Waals surface area contributed by atoms with E-state index in [1.165, 1.54) is 10.9 Å². The van der Waals surface area contributed by atoms with Gasteiger partial charge >= 0.3 is 0 Å². The van der Waals surface area contributed by atoms with Crippen LogP contribution in [0.2, 0.25) is 0 Å². The van der Waals surface area contributed by atoms with E-state index in [1.807, 2.05) is 6.07 Å². The third kappa shape index (κ3) is 3.56. The quantitative estimate of drug-likeness (QED) is 0.396. The summed E-state index contributed by atoms with van der Waals surface area (Å²) in [7, 11) is 4.16. The zero-order valence-corrected chi connectivity index (χ0v) is 11.4. The van der Waals surface area contributed by atoms with Crippen LogP contribution in [0, 0.1) is 0 Å². The third-order valence-electron chi connectivity index (χ3n) is 3.11. The Labute approximate surface area is 113 Å². The molecule has 0 aliphatic heterocycles. The normalized spacial score (nSPS) is 11.1. The Balaban J connectivity index is 2.14. The largest absolute Gasteiger partial charge is 0.361 e. The number of H-pyrrole nitrogens is 1. The molecule has 0 unspecified atom stereocenters. The van der Waals surface area contributed by atoms with E-state index in [-0.39, 0.29) is 0 Å². The number of amides is 1. The molecule has 5 heteroatoms. The van der Waals surface area contributed by atoms with Gasteiger partial charge in [-0.3, -0.25) is 10.2 Å². The minimum absolute atomic E-state index is 0.618. The van der Waals surface area contributed by atoms with Crippen LogP contribution in [0.1, 0.15) is 11.1 Å². The van der Waals surface area contributed by atoms with Gasteiger partial charge < -0.3 is 9.88 Å². The Kier molecular flexibility index (Phi) is 4.54. The van der Waals surface area contributed by atoms with Crippen molar-refractivity contribution in [2.45, 2.75) is 13.0 Å². The van der Waals surface area contributed by atoms with Gasteiger partial charge in [0.05, 0.1) is 0 Å². The summed E-state index contributed by atoms with van der Waals surface area (Å²) in [5.41, 5.74) is 8.92. The first-order valence-electron chi connectivity index (χ1n) is 6.36. The molecule has 1 heterocycles. The molecular weight excluding hydrogens is 240 g/mol. The van der Waals surface area contributed by atoms with Gasteiger partial charge in [-0.25, -0.2) is 5.43 Å². The number of carbonyl (C=O) groups is 1. The van der Waals surface area contributed by atoms with Crippen LogP contribution in [0.5, 0.6) is 0 Å². The molecule has 0 fully saturated rings. The molecule has 0 saturated carbocycles. The number of fused-ring (bicyclic) bond motifs is 1. The standard InChI is InChI=1S/C14H20N4O/c1-18(2)6-5-12-9-15-14-4-3-11(7-13(12)14)8-16-17-10-19/h3-4,7,9-10,15-16H,5-6,8H2,1-2H3,(H,17,19). The first-order valence-corrected chi connectivity index (χ1v) is 6.36. The van der Waals surface area contributed by atoms with Crippen molar-refractivity contribution >= 4 is 17.3 Å². The summed E-state index contributed by atoms with van der Waals surface area (Å²) in [5, 5.41) is 1.26. The van der Waals surface area contributed by atoms with Gasteiger partial charge in [0.25, 0.3) is 0 Å². The fourth-order valence-electron chi connectivity index (χ4n) is 2.08. The number of likely N-dealkylation sites (N-methyl/N-ethyl adjacent to an activating group) is 1. The van der Waals surface area contributed by atoms with Gasteiger partial charge in [0.2, 0.25) is 6.41 Å². The number of hydrazine groups is 1. The lowest BCUT2D eigenvalue weighted by Crippen LogP contribution is -2.29. The van der Waals surface area contributed by atoms with E-state index in [0.717, 1.165) is 24.0 Å². The fourth-order valence-corrected chi connectivity index (χ4v) is 2.08. The topological polar surface area (TPSA) is 60.2 Å². The van der Waals surface area contributed by atoms with Crippen LogP contribution >= 0.6 is 0 Å². The molecule has 1 aromatic heterocycles. The van der Waals surface area contributed by atoms with E-state index in [1.54, 1.807) is 0 Å². The minimum atomic E-state index is 0.618. The first-order chi connectivity index (χ1) is 9.20. The summed E-state index contributed by atoms with van der Waals surface area (Å²) in [6, 6.07) is 6.29. The molecule has 2 rings (SSSR count). The van der Waals surface area contributed by atoms with Crippen molar-refractivity contribution in [1.29, 1.82) is 0 Å². The molecule has 0 atom stereocenters. The summed E-state index contributed by atoms with van der Waals surface area (Å²) in [4.78, 5) is 15.7. The Morgan fingerprint density at radius 2 is 2.21 bits per heavy atom. The van der Waals surface area contributed by atoms with Crippen molar-refractivity contribution in [3.05, 3.63) is 35.5 Å². The van der Waals surface area contributed by atoms with E-state index >= 15 is 0 Å². The maximum Gasteiger partial charge on any atom is 0.221 e. The summed E-state index contributed by atoms with van der Waals surface area (Å²) < 4.78 is 0. The van der Waals surface area contributed by atoms with Crippen molar-refractivity contribution in [1.82, 2.24) is 20.7 Å². The summed E-state index contributed by atoms with van der Waals surface area (Å²) in [6.45, 7) is 1.65. The molecule has 0 aliphatic carbocycles. The second-order valence-corrected chi connectivity index (χ2v) is 4.86. The molecule has 0 saturated heterocycles. The van der Waals surface area contributed by atoms with Gasteiger partial charge in [-0.2, -0.15) is 0 Å². The number of nitrogens with one attached hydrogen (secondary N) is 3. The fraction of sp³-hybridized carbons (Fsp3) is 0.357. The van der Waals surface area contributed by atoms with E-state index in [2.05, 4.69) is 53.2 Å². The smallest absolute Gasteiger partial charge is 0.221 e. The van der Waals surface area contributed by atoms with E-state index in [9.17, 15) is 4.79 Å². The maximum atomic E-state index is 10.2. The van der Waals surface area contributed by atoms with Crippen molar-refractivity contribution in [2.75, 3.05) is 20.6 Å². The molecule has 19 heavy (non-hydrogen) atoms. The molecule has 5 nitrogen and oxygen atoms in total. The molecule has 102 valence electrons. The molecule has 2 aromatic rings. The molecule has 1 amide bonds. The van der Waals surface area contributed by atoms with Crippen LogP contribution in [-0.2, 0) is 17.8 Å². The summed E-state index contributed by atoms with van der Waals surface area (Å²) >= 11 is 0. The third-order valence-corrected chi connectivity index (χ3v) is 3.11. The van der Waals surface area contributed by atoms with Gasteiger partial charge in [0.1, 0.15) is 0 Å². The van der Waals surface area contributed by atoms with Crippen molar-refractivity contribution in [3.8, 4) is 0 Å². The zero-order valence-electron chi connectivity index (χ0n) is 11.4. The van der Waals surface area contributed by atoms with E-state index < -0.39 is 0 Å². The monoisotopic (exact) mass is 260 g/mol. The van der Waals surface area contributed by atoms with Gasteiger partial charge in [-0.1, -0.05) is 6.07 Å². The van der Waals surface area contributed by atoms with Crippen LogP contribution in [0.3, 0.4) is 0 Å². The number of benzene rings is 1.